The van der Waals surface area contributed by atoms with Crippen molar-refractivity contribution in [3.63, 3.8) is 0 Å². The summed E-state index contributed by atoms with van der Waals surface area (Å²) in [5.74, 6) is 0.661. The summed E-state index contributed by atoms with van der Waals surface area (Å²) in [6, 6.07) is 3.66. The zero-order valence-electron chi connectivity index (χ0n) is 11.8. The molecule has 1 aliphatic heterocycles. The summed E-state index contributed by atoms with van der Waals surface area (Å²) in [5.41, 5.74) is 0. The van der Waals surface area contributed by atoms with Gasteiger partial charge in [0.15, 0.2) is 0 Å². The topological polar surface area (TPSA) is 45.0 Å². The van der Waals surface area contributed by atoms with Crippen molar-refractivity contribution in [1.29, 1.82) is 5.26 Å². The zero-order chi connectivity index (χ0) is 13.1. The van der Waals surface area contributed by atoms with Crippen LogP contribution in [0.1, 0.15) is 64.2 Å². The SMILES string of the molecule is N#CCC1CC2C(NC3CCCCC3)CCCC2O1. The molecule has 0 bridgehead atoms. The van der Waals surface area contributed by atoms with Crippen molar-refractivity contribution in [2.45, 2.75) is 88.5 Å². The third kappa shape index (κ3) is 3.12. The summed E-state index contributed by atoms with van der Waals surface area (Å²) in [6.07, 6.45) is 13.0. The molecule has 1 saturated heterocycles. The van der Waals surface area contributed by atoms with Crippen LogP contribution < -0.4 is 5.32 Å². The Labute approximate surface area is 116 Å². The molecule has 0 radical (unpaired) electrons. The van der Waals surface area contributed by atoms with Gasteiger partial charge in [0.1, 0.15) is 0 Å². The maximum absolute atomic E-state index is 8.84. The van der Waals surface area contributed by atoms with E-state index in [4.69, 9.17) is 10.00 Å². The van der Waals surface area contributed by atoms with Crippen LogP contribution in [0.15, 0.2) is 0 Å². The highest BCUT2D eigenvalue weighted by Crippen LogP contribution is 2.39. The van der Waals surface area contributed by atoms with Crippen molar-refractivity contribution in [2.24, 2.45) is 5.92 Å². The number of nitrogens with zero attached hydrogens (tertiary/aromatic N) is 1. The smallest absolute Gasteiger partial charge is 0.0713 e. The molecule has 0 spiro atoms. The molecule has 0 aromatic rings. The molecule has 2 aliphatic carbocycles. The van der Waals surface area contributed by atoms with Crippen molar-refractivity contribution in [3.05, 3.63) is 0 Å². The maximum atomic E-state index is 8.84. The van der Waals surface area contributed by atoms with Gasteiger partial charge in [0.2, 0.25) is 0 Å². The molecule has 19 heavy (non-hydrogen) atoms. The fourth-order valence-corrected chi connectivity index (χ4v) is 4.33. The molecule has 3 fully saturated rings. The molecule has 1 heterocycles. The van der Waals surface area contributed by atoms with Crippen LogP contribution in [0.5, 0.6) is 0 Å². The first kappa shape index (κ1) is 13.4. The first-order chi connectivity index (χ1) is 9.36. The molecule has 3 heteroatoms. The summed E-state index contributed by atoms with van der Waals surface area (Å²) in [5, 5.41) is 12.8. The Balaban J connectivity index is 1.57. The van der Waals surface area contributed by atoms with Gasteiger partial charge in [-0.05, 0) is 38.5 Å². The van der Waals surface area contributed by atoms with Crippen LogP contribution in [0.25, 0.3) is 0 Å². The van der Waals surface area contributed by atoms with Crippen LogP contribution >= 0.6 is 0 Å². The van der Waals surface area contributed by atoms with E-state index >= 15 is 0 Å². The largest absolute Gasteiger partial charge is 0.374 e. The number of nitriles is 1. The molecule has 3 rings (SSSR count). The van der Waals surface area contributed by atoms with Gasteiger partial charge in [-0.3, -0.25) is 0 Å². The molecule has 4 unspecified atom stereocenters. The number of ether oxygens (including phenoxy) is 1. The monoisotopic (exact) mass is 262 g/mol. The summed E-state index contributed by atoms with van der Waals surface area (Å²) >= 11 is 0. The van der Waals surface area contributed by atoms with Gasteiger partial charge in [-0.1, -0.05) is 19.3 Å². The molecule has 0 aromatic heterocycles. The third-order valence-electron chi connectivity index (χ3n) is 5.27. The Morgan fingerprint density at radius 1 is 1.05 bits per heavy atom. The Kier molecular flexibility index (Phi) is 4.40. The van der Waals surface area contributed by atoms with E-state index < -0.39 is 0 Å². The number of hydrogen-bond acceptors (Lipinski definition) is 3. The second kappa shape index (κ2) is 6.24. The Hall–Kier alpha value is -0.590. The van der Waals surface area contributed by atoms with E-state index in [0.717, 1.165) is 12.5 Å². The molecular formula is C16H26N2O. The second-order valence-corrected chi connectivity index (χ2v) is 6.60. The molecular weight excluding hydrogens is 236 g/mol. The number of nitrogens with one attached hydrogen (secondary N) is 1. The van der Waals surface area contributed by atoms with E-state index in [9.17, 15) is 0 Å². The summed E-state index contributed by atoms with van der Waals surface area (Å²) in [7, 11) is 0. The first-order valence-corrected chi connectivity index (χ1v) is 8.15. The average Bonchev–Trinajstić information content (AvgIpc) is 2.84. The third-order valence-corrected chi connectivity index (χ3v) is 5.27. The van der Waals surface area contributed by atoms with Crippen LogP contribution in [-0.4, -0.2) is 24.3 Å². The van der Waals surface area contributed by atoms with Gasteiger partial charge < -0.3 is 10.1 Å². The number of rotatable bonds is 3. The van der Waals surface area contributed by atoms with Gasteiger partial charge in [0.25, 0.3) is 0 Å². The van der Waals surface area contributed by atoms with Crippen molar-refractivity contribution in [1.82, 2.24) is 5.32 Å². The minimum atomic E-state index is 0.203. The van der Waals surface area contributed by atoms with Gasteiger partial charge >= 0.3 is 0 Å². The highest BCUT2D eigenvalue weighted by atomic mass is 16.5. The van der Waals surface area contributed by atoms with E-state index in [1.165, 1.54) is 51.4 Å². The number of fused-ring (bicyclic) bond motifs is 1. The van der Waals surface area contributed by atoms with E-state index in [1.54, 1.807) is 0 Å². The van der Waals surface area contributed by atoms with Gasteiger partial charge in [0, 0.05) is 18.0 Å². The van der Waals surface area contributed by atoms with E-state index in [-0.39, 0.29) is 6.10 Å². The molecule has 3 nitrogen and oxygen atoms in total. The second-order valence-electron chi connectivity index (χ2n) is 6.60. The average molecular weight is 262 g/mol. The van der Waals surface area contributed by atoms with Crippen molar-refractivity contribution in [2.75, 3.05) is 0 Å². The van der Waals surface area contributed by atoms with Gasteiger partial charge in [-0.15, -0.1) is 0 Å². The van der Waals surface area contributed by atoms with Crippen LogP contribution in [0.3, 0.4) is 0 Å². The molecule has 106 valence electrons. The minimum Gasteiger partial charge on any atom is -0.374 e. The van der Waals surface area contributed by atoms with Crippen LogP contribution in [0.2, 0.25) is 0 Å². The van der Waals surface area contributed by atoms with Gasteiger partial charge in [-0.2, -0.15) is 5.26 Å². The Morgan fingerprint density at radius 3 is 2.68 bits per heavy atom. The summed E-state index contributed by atoms with van der Waals surface area (Å²) in [4.78, 5) is 0. The lowest BCUT2D eigenvalue weighted by Gasteiger charge is -2.37. The quantitative estimate of drug-likeness (QED) is 0.849. The van der Waals surface area contributed by atoms with E-state index in [2.05, 4.69) is 11.4 Å². The molecule has 2 saturated carbocycles. The van der Waals surface area contributed by atoms with Crippen molar-refractivity contribution < 1.29 is 4.74 Å². The molecule has 1 N–H and O–H groups in total. The summed E-state index contributed by atoms with van der Waals surface area (Å²) in [6.45, 7) is 0. The summed E-state index contributed by atoms with van der Waals surface area (Å²) < 4.78 is 6.06. The van der Waals surface area contributed by atoms with E-state index in [0.29, 0.717) is 24.5 Å². The van der Waals surface area contributed by atoms with Gasteiger partial charge in [-0.25, -0.2) is 0 Å². The lowest BCUT2D eigenvalue weighted by molar-refractivity contribution is 0.0125. The van der Waals surface area contributed by atoms with Crippen molar-refractivity contribution in [3.8, 4) is 6.07 Å². The zero-order valence-corrected chi connectivity index (χ0v) is 11.8. The standard InChI is InChI=1S/C16H26N2O/c17-10-9-13-11-14-15(7-4-8-16(14)19-13)18-12-5-2-1-3-6-12/h12-16,18H,1-9,11H2. The van der Waals surface area contributed by atoms with Gasteiger partial charge in [0.05, 0.1) is 24.7 Å². The predicted molar refractivity (Wildman–Crippen MR) is 74.6 cm³/mol. The Bertz CT molecular complexity index is 332. The maximum Gasteiger partial charge on any atom is 0.0713 e. The predicted octanol–water partition coefficient (Wildman–Crippen LogP) is 3.15. The fourth-order valence-electron chi connectivity index (χ4n) is 4.33. The van der Waals surface area contributed by atoms with Crippen LogP contribution in [0, 0.1) is 17.2 Å². The Morgan fingerprint density at radius 2 is 1.89 bits per heavy atom. The molecule has 0 amide bonds. The number of hydrogen-bond donors (Lipinski definition) is 1. The molecule has 4 atom stereocenters. The lowest BCUT2D eigenvalue weighted by Crippen LogP contribution is -2.48. The fraction of sp³-hybridized carbons (Fsp3) is 0.938. The normalized spacial score (nSPS) is 39.7. The van der Waals surface area contributed by atoms with E-state index in [1.807, 2.05) is 0 Å². The molecule has 3 aliphatic rings. The molecule has 0 aromatic carbocycles. The lowest BCUT2D eigenvalue weighted by atomic mass is 9.80. The first-order valence-electron chi connectivity index (χ1n) is 8.15. The van der Waals surface area contributed by atoms with Crippen LogP contribution in [-0.2, 0) is 4.74 Å². The highest BCUT2D eigenvalue weighted by molar-refractivity contribution is 4.96. The minimum absolute atomic E-state index is 0.203. The highest BCUT2D eigenvalue weighted by Gasteiger charge is 2.42. The van der Waals surface area contributed by atoms with Crippen molar-refractivity contribution >= 4 is 0 Å². The van der Waals surface area contributed by atoms with Crippen LogP contribution in [0.4, 0.5) is 0 Å².